The van der Waals surface area contributed by atoms with E-state index in [2.05, 4.69) is 0 Å². The summed E-state index contributed by atoms with van der Waals surface area (Å²) < 4.78 is 5.77. The lowest BCUT2D eigenvalue weighted by atomic mass is 10.1. The van der Waals surface area contributed by atoms with E-state index in [1.54, 1.807) is 41.3 Å². The first-order chi connectivity index (χ1) is 11.4. The van der Waals surface area contributed by atoms with E-state index in [0.717, 1.165) is 5.56 Å². The third-order valence-corrected chi connectivity index (χ3v) is 4.59. The average Bonchev–Trinajstić information content (AvgIpc) is 2.52. The van der Waals surface area contributed by atoms with Gasteiger partial charge in [0.05, 0.1) is 13.2 Å². The van der Waals surface area contributed by atoms with Gasteiger partial charge in [-0.25, -0.2) is 0 Å². The van der Waals surface area contributed by atoms with E-state index in [-0.39, 0.29) is 12.0 Å². The topological polar surface area (TPSA) is 29.5 Å². The van der Waals surface area contributed by atoms with Gasteiger partial charge in [-0.1, -0.05) is 46.4 Å². The Labute approximate surface area is 160 Å². The number of nitrogens with zero attached hydrogens (tertiary/aromatic N) is 1. The standard InChI is InChI=1S/C17H13Cl4NO2/c18-12-3-10(4-13(19)7-12)16-9-22(1-2-24-16)17(23)11-5-14(20)8-15(21)6-11/h3-8,16H,1-2,9H2. The highest BCUT2D eigenvalue weighted by Gasteiger charge is 2.27. The average molecular weight is 405 g/mol. The van der Waals surface area contributed by atoms with Gasteiger partial charge in [0.2, 0.25) is 0 Å². The molecule has 0 bridgehead atoms. The summed E-state index contributed by atoms with van der Waals surface area (Å²) in [5, 5.41) is 1.92. The van der Waals surface area contributed by atoms with Gasteiger partial charge in [0.15, 0.2) is 0 Å². The van der Waals surface area contributed by atoms with Gasteiger partial charge in [0.1, 0.15) is 6.10 Å². The molecular formula is C17H13Cl4NO2. The lowest BCUT2D eigenvalue weighted by Gasteiger charge is -2.33. The maximum Gasteiger partial charge on any atom is 0.254 e. The normalized spacial score (nSPS) is 17.8. The predicted molar refractivity (Wildman–Crippen MR) is 97.5 cm³/mol. The first kappa shape index (κ1) is 17.8. The number of carbonyl (C=O) groups excluding carboxylic acids is 1. The third-order valence-electron chi connectivity index (χ3n) is 3.72. The minimum atomic E-state index is -0.284. The molecule has 0 N–H and O–H groups in total. The van der Waals surface area contributed by atoms with Crippen molar-refractivity contribution in [1.82, 2.24) is 4.90 Å². The van der Waals surface area contributed by atoms with E-state index in [1.807, 2.05) is 0 Å². The van der Waals surface area contributed by atoms with Crippen LogP contribution in [0.4, 0.5) is 0 Å². The van der Waals surface area contributed by atoms with Crippen LogP contribution >= 0.6 is 46.4 Å². The monoisotopic (exact) mass is 403 g/mol. The molecule has 1 heterocycles. The molecule has 0 saturated carbocycles. The first-order valence-electron chi connectivity index (χ1n) is 7.25. The van der Waals surface area contributed by atoms with Gasteiger partial charge in [0, 0.05) is 32.2 Å². The second-order valence-electron chi connectivity index (χ2n) is 5.47. The van der Waals surface area contributed by atoms with Crippen molar-refractivity contribution in [1.29, 1.82) is 0 Å². The van der Waals surface area contributed by atoms with Crippen molar-refractivity contribution >= 4 is 52.3 Å². The molecule has 0 aromatic heterocycles. The van der Waals surface area contributed by atoms with Crippen molar-refractivity contribution in [3.05, 3.63) is 67.6 Å². The van der Waals surface area contributed by atoms with Gasteiger partial charge in [-0.3, -0.25) is 4.79 Å². The summed E-state index contributed by atoms with van der Waals surface area (Å²) in [6.45, 7) is 1.32. The highest BCUT2D eigenvalue weighted by Crippen LogP contribution is 2.29. The number of benzene rings is 2. The van der Waals surface area contributed by atoms with Crippen LogP contribution in [0.2, 0.25) is 20.1 Å². The molecule has 3 nitrogen and oxygen atoms in total. The minimum Gasteiger partial charge on any atom is -0.370 e. The van der Waals surface area contributed by atoms with Crippen LogP contribution in [-0.2, 0) is 4.74 Å². The van der Waals surface area contributed by atoms with Crippen LogP contribution in [0.1, 0.15) is 22.0 Å². The van der Waals surface area contributed by atoms with Crippen molar-refractivity contribution in [2.24, 2.45) is 0 Å². The van der Waals surface area contributed by atoms with Crippen LogP contribution in [0.3, 0.4) is 0 Å². The number of morpholine rings is 1. The summed E-state index contributed by atoms with van der Waals surface area (Å²) in [4.78, 5) is 14.4. The van der Waals surface area contributed by atoms with Gasteiger partial charge in [0.25, 0.3) is 5.91 Å². The summed E-state index contributed by atoms with van der Waals surface area (Å²) >= 11 is 24.1. The minimum absolute atomic E-state index is 0.138. The zero-order valence-corrected chi connectivity index (χ0v) is 15.5. The quantitative estimate of drug-likeness (QED) is 0.659. The van der Waals surface area contributed by atoms with Crippen LogP contribution in [0, 0.1) is 0 Å². The fourth-order valence-corrected chi connectivity index (χ4v) is 3.73. The molecule has 1 amide bonds. The zero-order valence-electron chi connectivity index (χ0n) is 12.4. The molecule has 3 rings (SSSR count). The second kappa shape index (κ2) is 7.51. The Hall–Kier alpha value is -0.970. The molecule has 7 heteroatoms. The van der Waals surface area contributed by atoms with Crippen molar-refractivity contribution in [2.45, 2.75) is 6.10 Å². The molecular weight excluding hydrogens is 392 g/mol. The number of ether oxygens (including phenoxy) is 1. The van der Waals surface area contributed by atoms with E-state index < -0.39 is 0 Å². The molecule has 1 unspecified atom stereocenters. The van der Waals surface area contributed by atoms with Crippen molar-refractivity contribution in [3.8, 4) is 0 Å². The maximum absolute atomic E-state index is 12.7. The summed E-state index contributed by atoms with van der Waals surface area (Å²) in [7, 11) is 0. The first-order valence-corrected chi connectivity index (χ1v) is 8.76. The molecule has 24 heavy (non-hydrogen) atoms. The smallest absolute Gasteiger partial charge is 0.254 e. The summed E-state index contributed by atoms with van der Waals surface area (Å²) in [5.74, 6) is -0.138. The summed E-state index contributed by atoms with van der Waals surface area (Å²) in [6, 6.07) is 10.1. The van der Waals surface area contributed by atoms with Crippen molar-refractivity contribution in [2.75, 3.05) is 19.7 Å². The number of carbonyl (C=O) groups is 1. The number of amides is 1. The fourth-order valence-electron chi connectivity index (χ4n) is 2.66. The Morgan fingerprint density at radius 2 is 1.46 bits per heavy atom. The van der Waals surface area contributed by atoms with E-state index in [9.17, 15) is 4.79 Å². The number of halogens is 4. The molecule has 0 spiro atoms. The van der Waals surface area contributed by atoms with Gasteiger partial charge in [-0.05, 0) is 42.0 Å². The van der Waals surface area contributed by atoms with E-state index >= 15 is 0 Å². The Morgan fingerprint density at radius 1 is 0.917 bits per heavy atom. The number of rotatable bonds is 2. The van der Waals surface area contributed by atoms with Gasteiger partial charge in [-0.15, -0.1) is 0 Å². The third kappa shape index (κ3) is 4.16. The molecule has 2 aromatic carbocycles. The van der Waals surface area contributed by atoms with Crippen LogP contribution in [0.5, 0.6) is 0 Å². The van der Waals surface area contributed by atoms with E-state index in [1.165, 1.54) is 0 Å². The highest BCUT2D eigenvalue weighted by atomic mass is 35.5. The molecule has 0 radical (unpaired) electrons. The zero-order chi connectivity index (χ0) is 17.3. The molecule has 0 aliphatic carbocycles. The second-order valence-corrected chi connectivity index (χ2v) is 7.22. The largest absolute Gasteiger partial charge is 0.370 e. The van der Waals surface area contributed by atoms with Crippen LogP contribution in [0.15, 0.2) is 36.4 Å². The summed E-state index contributed by atoms with van der Waals surface area (Å²) in [6.07, 6.45) is -0.284. The summed E-state index contributed by atoms with van der Waals surface area (Å²) in [5.41, 5.74) is 1.30. The van der Waals surface area contributed by atoms with Crippen LogP contribution in [-0.4, -0.2) is 30.5 Å². The van der Waals surface area contributed by atoms with E-state index in [4.69, 9.17) is 51.1 Å². The lowest BCUT2D eigenvalue weighted by molar-refractivity contribution is -0.0228. The Kier molecular flexibility index (Phi) is 5.58. The Morgan fingerprint density at radius 3 is 2.04 bits per heavy atom. The fraction of sp³-hybridized carbons (Fsp3) is 0.235. The maximum atomic E-state index is 12.7. The van der Waals surface area contributed by atoms with Gasteiger partial charge < -0.3 is 9.64 Å². The molecule has 1 saturated heterocycles. The molecule has 1 aliphatic heterocycles. The van der Waals surface area contributed by atoms with Crippen LogP contribution in [0.25, 0.3) is 0 Å². The molecule has 2 aromatic rings. The SMILES string of the molecule is O=C(c1cc(Cl)cc(Cl)c1)N1CCOC(c2cc(Cl)cc(Cl)c2)C1. The molecule has 126 valence electrons. The van der Waals surface area contributed by atoms with E-state index in [0.29, 0.717) is 45.4 Å². The van der Waals surface area contributed by atoms with Crippen LogP contribution < -0.4 is 0 Å². The Bertz CT molecular complexity index is 741. The van der Waals surface area contributed by atoms with Gasteiger partial charge in [-0.2, -0.15) is 0 Å². The Balaban J connectivity index is 1.81. The molecule has 1 fully saturated rings. The molecule has 1 aliphatic rings. The number of hydrogen-bond acceptors (Lipinski definition) is 2. The number of hydrogen-bond donors (Lipinski definition) is 0. The lowest BCUT2D eigenvalue weighted by Crippen LogP contribution is -2.42. The van der Waals surface area contributed by atoms with Crippen molar-refractivity contribution < 1.29 is 9.53 Å². The van der Waals surface area contributed by atoms with Gasteiger partial charge >= 0.3 is 0 Å². The predicted octanol–water partition coefficient (Wildman–Crippen LogP) is 5.51. The van der Waals surface area contributed by atoms with Crippen molar-refractivity contribution in [3.63, 3.8) is 0 Å². The highest BCUT2D eigenvalue weighted by molar-refractivity contribution is 6.35. The molecule has 1 atom stereocenters.